The van der Waals surface area contributed by atoms with Gasteiger partial charge in [-0.05, 0) is 29.5 Å². The van der Waals surface area contributed by atoms with Crippen LogP contribution in [0, 0.1) is 0 Å². The first-order valence-electron chi connectivity index (χ1n) is 8.45. The van der Waals surface area contributed by atoms with E-state index in [1.165, 1.54) is 11.1 Å². The molecule has 0 aliphatic carbocycles. The Morgan fingerprint density at radius 2 is 1.58 bits per heavy atom. The van der Waals surface area contributed by atoms with Gasteiger partial charge in [0.05, 0.1) is 17.8 Å². The summed E-state index contributed by atoms with van der Waals surface area (Å²) in [4.78, 5) is 4.77. The van der Waals surface area contributed by atoms with E-state index in [-0.39, 0.29) is 10.8 Å². The van der Waals surface area contributed by atoms with Gasteiger partial charge in [-0.3, -0.25) is 0 Å². The van der Waals surface area contributed by atoms with Gasteiger partial charge in [-0.2, -0.15) is 0 Å². The highest BCUT2D eigenvalue weighted by molar-refractivity contribution is 7.09. The topological polar surface area (TPSA) is 48.1 Å². The van der Waals surface area contributed by atoms with Crippen LogP contribution >= 0.6 is 11.3 Å². The van der Waals surface area contributed by atoms with Crippen LogP contribution in [0.4, 0.5) is 0 Å². The second-order valence-electron chi connectivity index (χ2n) is 8.27. The van der Waals surface area contributed by atoms with E-state index < -0.39 is 0 Å². The number of nitrogens with zero attached hydrogens (tertiary/aromatic N) is 1. The largest absolute Gasteiger partial charge is 0.496 e. The normalized spacial score (nSPS) is 12.5. The van der Waals surface area contributed by atoms with Crippen molar-refractivity contribution in [1.82, 2.24) is 4.98 Å². The van der Waals surface area contributed by atoms with Crippen LogP contribution in [0.1, 0.15) is 57.7 Å². The van der Waals surface area contributed by atoms with Gasteiger partial charge in [-0.25, -0.2) is 4.98 Å². The third-order valence-electron chi connectivity index (χ3n) is 4.11. The zero-order valence-electron chi connectivity index (χ0n) is 16.0. The molecule has 0 amide bonds. The molecule has 2 N–H and O–H groups in total. The Bertz CT molecular complexity index is 670. The summed E-state index contributed by atoms with van der Waals surface area (Å²) in [5, 5.41) is 3.23. The van der Waals surface area contributed by atoms with E-state index in [1.54, 1.807) is 18.4 Å². The fraction of sp³-hybridized carbons (Fsp3) is 0.550. The minimum Gasteiger partial charge on any atom is -0.496 e. The molecule has 2 rings (SSSR count). The molecule has 0 bridgehead atoms. The van der Waals surface area contributed by atoms with E-state index in [0.717, 1.165) is 28.4 Å². The molecule has 3 nitrogen and oxygen atoms in total. The predicted molar refractivity (Wildman–Crippen MR) is 104 cm³/mol. The van der Waals surface area contributed by atoms with Crippen molar-refractivity contribution in [3.8, 4) is 17.0 Å². The molecule has 0 radical (unpaired) electrons. The summed E-state index contributed by atoms with van der Waals surface area (Å²) < 4.78 is 5.83. The molecule has 132 valence electrons. The van der Waals surface area contributed by atoms with E-state index in [2.05, 4.69) is 59.1 Å². The fourth-order valence-corrected chi connectivity index (χ4v) is 3.62. The van der Waals surface area contributed by atoms with Gasteiger partial charge in [-0.1, -0.05) is 41.5 Å². The number of hydrogen-bond donors (Lipinski definition) is 1. The zero-order valence-corrected chi connectivity index (χ0v) is 16.8. The van der Waals surface area contributed by atoms with E-state index in [4.69, 9.17) is 15.5 Å². The quantitative estimate of drug-likeness (QED) is 0.855. The number of nitrogens with two attached hydrogens (primary N) is 1. The van der Waals surface area contributed by atoms with Gasteiger partial charge in [0, 0.05) is 28.5 Å². The van der Waals surface area contributed by atoms with Crippen LogP contribution in [0.15, 0.2) is 17.5 Å². The van der Waals surface area contributed by atoms with Crippen LogP contribution in [-0.4, -0.2) is 18.6 Å². The predicted octanol–water partition coefficient (Wildman–Crippen LogP) is 4.91. The molecule has 1 aromatic carbocycles. The molecule has 1 aromatic heterocycles. The lowest BCUT2D eigenvalue weighted by Crippen LogP contribution is -2.19. The highest BCUT2D eigenvalue weighted by Crippen LogP contribution is 2.42. The summed E-state index contributed by atoms with van der Waals surface area (Å²) in [6.07, 6.45) is 0.832. The van der Waals surface area contributed by atoms with Crippen molar-refractivity contribution in [2.45, 2.75) is 58.8 Å². The minimum atomic E-state index is -0.00252. The maximum Gasteiger partial charge on any atom is 0.126 e. The second-order valence-corrected chi connectivity index (χ2v) is 9.21. The van der Waals surface area contributed by atoms with E-state index in [1.807, 2.05) is 0 Å². The molecule has 24 heavy (non-hydrogen) atoms. The smallest absolute Gasteiger partial charge is 0.126 e. The molecule has 4 heteroatoms. The highest BCUT2D eigenvalue weighted by atomic mass is 32.1. The lowest BCUT2D eigenvalue weighted by atomic mass is 9.78. The Morgan fingerprint density at radius 3 is 2.00 bits per heavy atom. The summed E-state index contributed by atoms with van der Waals surface area (Å²) in [6, 6.07) is 4.46. The van der Waals surface area contributed by atoms with E-state index in [0.29, 0.717) is 6.54 Å². The summed E-state index contributed by atoms with van der Waals surface area (Å²) >= 11 is 1.68. The van der Waals surface area contributed by atoms with Gasteiger partial charge in [-0.15, -0.1) is 11.3 Å². The Balaban J connectivity index is 2.68. The number of rotatable bonds is 4. The Labute approximate surface area is 150 Å². The lowest BCUT2D eigenvalue weighted by molar-refractivity contribution is 0.381. The summed E-state index contributed by atoms with van der Waals surface area (Å²) in [5.41, 5.74) is 10.3. The van der Waals surface area contributed by atoms with Crippen LogP contribution in [0.25, 0.3) is 11.3 Å². The van der Waals surface area contributed by atoms with Crippen molar-refractivity contribution in [2.24, 2.45) is 5.73 Å². The van der Waals surface area contributed by atoms with Crippen molar-refractivity contribution >= 4 is 11.3 Å². The Hall–Kier alpha value is -1.39. The van der Waals surface area contributed by atoms with Gasteiger partial charge in [0.25, 0.3) is 0 Å². The van der Waals surface area contributed by atoms with E-state index >= 15 is 0 Å². The molecular weight excluding hydrogens is 316 g/mol. The molecule has 2 aromatic rings. The number of aromatic nitrogens is 1. The van der Waals surface area contributed by atoms with Crippen molar-refractivity contribution in [2.75, 3.05) is 13.7 Å². The first-order chi connectivity index (χ1) is 11.1. The van der Waals surface area contributed by atoms with Crippen LogP contribution in [0.2, 0.25) is 0 Å². The standard InChI is InChI=1S/C20H30N2OS/c1-19(2,3)14-10-13(16-12-24-17(22-16)8-9-21)11-15(18(14)23-7)20(4,5)6/h10-12H,8-9,21H2,1-7H3. The van der Waals surface area contributed by atoms with Crippen molar-refractivity contribution in [1.29, 1.82) is 0 Å². The first-order valence-corrected chi connectivity index (χ1v) is 9.33. The molecule has 0 aliphatic heterocycles. The van der Waals surface area contributed by atoms with Crippen LogP contribution in [-0.2, 0) is 17.3 Å². The van der Waals surface area contributed by atoms with Gasteiger partial charge in [0.1, 0.15) is 5.75 Å². The maximum absolute atomic E-state index is 5.83. The van der Waals surface area contributed by atoms with Crippen LogP contribution in [0.5, 0.6) is 5.75 Å². The minimum absolute atomic E-state index is 0.00252. The number of thiazole rings is 1. The molecule has 0 spiro atoms. The van der Waals surface area contributed by atoms with Crippen molar-refractivity contribution < 1.29 is 4.74 Å². The van der Waals surface area contributed by atoms with Crippen molar-refractivity contribution in [3.05, 3.63) is 33.6 Å². The number of hydrogen-bond acceptors (Lipinski definition) is 4. The maximum atomic E-state index is 5.83. The van der Waals surface area contributed by atoms with Crippen molar-refractivity contribution in [3.63, 3.8) is 0 Å². The SMILES string of the molecule is COc1c(C(C)(C)C)cc(-c2csc(CCN)n2)cc1C(C)(C)C. The zero-order chi connectivity index (χ0) is 18.1. The first kappa shape index (κ1) is 18.9. The second kappa shape index (κ2) is 6.85. The van der Waals surface area contributed by atoms with Gasteiger partial charge in [0.15, 0.2) is 0 Å². The summed E-state index contributed by atoms with van der Waals surface area (Å²) in [5.74, 6) is 0.996. The lowest BCUT2D eigenvalue weighted by Gasteiger charge is -2.29. The molecule has 0 atom stereocenters. The Kier molecular flexibility index (Phi) is 5.41. The molecular formula is C20H30N2OS. The average Bonchev–Trinajstić information content (AvgIpc) is 2.93. The van der Waals surface area contributed by atoms with Gasteiger partial charge >= 0.3 is 0 Å². The molecule has 0 fully saturated rings. The van der Waals surface area contributed by atoms with Gasteiger partial charge < -0.3 is 10.5 Å². The molecule has 0 saturated carbocycles. The molecule has 0 saturated heterocycles. The molecule has 0 aliphatic rings. The molecule has 0 unspecified atom stereocenters. The monoisotopic (exact) mass is 346 g/mol. The Morgan fingerprint density at radius 1 is 1.04 bits per heavy atom. The van der Waals surface area contributed by atoms with Gasteiger partial charge in [0.2, 0.25) is 0 Å². The van der Waals surface area contributed by atoms with Crippen LogP contribution in [0.3, 0.4) is 0 Å². The number of ether oxygens (including phenoxy) is 1. The highest BCUT2D eigenvalue weighted by Gasteiger charge is 2.28. The summed E-state index contributed by atoms with van der Waals surface area (Å²) in [6.45, 7) is 14.0. The third-order valence-corrected chi connectivity index (χ3v) is 5.02. The number of methoxy groups -OCH3 is 1. The number of benzene rings is 1. The van der Waals surface area contributed by atoms with Crippen LogP contribution < -0.4 is 10.5 Å². The molecule has 1 heterocycles. The summed E-state index contributed by atoms with van der Waals surface area (Å²) in [7, 11) is 1.77. The average molecular weight is 347 g/mol. The fourth-order valence-electron chi connectivity index (χ4n) is 2.79. The third kappa shape index (κ3) is 3.98. The van der Waals surface area contributed by atoms with E-state index in [9.17, 15) is 0 Å².